The second kappa shape index (κ2) is 13.8. The van der Waals surface area contributed by atoms with Crippen molar-refractivity contribution < 1.29 is 27.9 Å². The fourth-order valence-electron chi connectivity index (χ4n) is 5.03. The third kappa shape index (κ3) is 8.76. The summed E-state index contributed by atoms with van der Waals surface area (Å²) in [6.07, 6.45) is 1.68. The van der Waals surface area contributed by atoms with Crippen molar-refractivity contribution >= 4 is 17.7 Å². The molecule has 3 aromatic rings. The Hall–Kier alpha value is -3.98. The van der Waals surface area contributed by atoms with Crippen LogP contribution in [0.2, 0.25) is 0 Å². The van der Waals surface area contributed by atoms with E-state index in [1.165, 1.54) is 12.1 Å². The molecule has 0 saturated carbocycles. The number of hydrogen-bond acceptors (Lipinski definition) is 6. The number of ether oxygens (including phenoxy) is 1. The van der Waals surface area contributed by atoms with Crippen LogP contribution in [0.3, 0.4) is 0 Å². The lowest BCUT2D eigenvalue weighted by Crippen LogP contribution is -2.42. The number of halogens is 2. The molecule has 4 rings (SSSR count). The molecule has 42 heavy (non-hydrogen) atoms. The number of nitrogens with zero attached hydrogens (tertiary/aromatic N) is 1. The first-order chi connectivity index (χ1) is 20.0. The molecule has 0 aromatic heterocycles. The van der Waals surface area contributed by atoms with Gasteiger partial charge in [-0.05, 0) is 100 Å². The minimum Gasteiger partial charge on any atom is -0.444 e. The van der Waals surface area contributed by atoms with E-state index in [-0.39, 0.29) is 12.5 Å². The lowest BCUT2D eigenvalue weighted by atomic mass is 9.94. The highest BCUT2D eigenvalue weighted by Gasteiger charge is 2.28. The number of carbonyl (C=O) groups is 2. The van der Waals surface area contributed by atoms with Gasteiger partial charge in [-0.25, -0.2) is 23.4 Å². The maximum Gasteiger partial charge on any atom is 0.407 e. The summed E-state index contributed by atoms with van der Waals surface area (Å²) in [5.41, 5.74) is 3.24. The first-order valence-electron chi connectivity index (χ1n) is 14.4. The number of alkyl carbamates (subject to hydrolysis) is 1. The monoisotopic (exact) mass is 579 g/mol. The number of rotatable bonds is 10. The van der Waals surface area contributed by atoms with E-state index in [1.54, 1.807) is 50.1 Å². The van der Waals surface area contributed by atoms with Crippen LogP contribution >= 0.6 is 0 Å². The molecule has 2 atom stereocenters. The van der Waals surface area contributed by atoms with Crippen molar-refractivity contribution in [3.63, 3.8) is 0 Å². The quantitative estimate of drug-likeness (QED) is 0.280. The van der Waals surface area contributed by atoms with Crippen LogP contribution in [0, 0.1) is 11.6 Å². The molecule has 0 bridgehead atoms. The molecule has 2 N–H and O–H groups in total. The van der Waals surface area contributed by atoms with E-state index in [2.05, 4.69) is 23.6 Å². The zero-order valence-corrected chi connectivity index (χ0v) is 24.6. The second-order valence-corrected chi connectivity index (χ2v) is 11.5. The fraction of sp³-hybridized carbons (Fsp3) is 0.394. The molecule has 0 fully saturated rings. The highest BCUT2D eigenvalue weighted by molar-refractivity contribution is 5.90. The molecule has 224 valence electrons. The number of fused-ring (bicyclic) bond motifs is 1. The van der Waals surface area contributed by atoms with Crippen molar-refractivity contribution in [2.24, 2.45) is 0 Å². The maximum atomic E-state index is 13.9. The Morgan fingerprint density at radius 2 is 1.71 bits per heavy atom. The summed E-state index contributed by atoms with van der Waals surface area (Å²) >= 11 is 0. The van der Waals surface area contributed by atoms with Crippen LogP contribution in [0.25, 0.3) is 0 Å². The van der Waals surface area contributed by atoms with Gasteiger partial charge in [0, 0.05) is 18.2 Å². The van der Waals surface area contributed by atoms with Crippen molar-refractivity contribution in [2.45, 2.75) is 71.1 Å². The van der Waals surface area contributed by atoms with Gasteiger partial charge in [-0.1, -0.05) is 37.3 Å². The second-order valence-electron chi connectivity index (χ2n) is 11.5. The molecule has 1 aliphatic rings. The number of benzene rings is 3. The van der Waals surface area contributed by atoms with Crippen molar-refractivity contribution in [3.05, 3.63) is 101 Å². The number of amides is 1. The Bertz CT molecular complexity index is 1360. The van der Waals surface area contributed by atoms with Crippen molar-refractivity contribution in [3.8, 4) is 0 Å². The van der Waals surface area contributed by atoms with E-state index in [0.717, 1.165) is 29.3 Å². The van der Waals surface area contributed by atoms with E-state index in [4.69, 9.17) is 9.57 Å². The standard InChI is InChI=1S/C33H39F2N3O4/c1-5-22-11-12-30-28(20-22)29(14-16-38(30)42-31(39)24-9-7-6-8-10-24)36-15-13-27(37-32(40)41-33(2,3)4)19-23-17-25(34)21-26(35)18-23/h6-12,17-18,20-21,27,29,36H,5,13-16,19H2,1-4H3,(H,37,40)/t27-,29?/m1/s1. The van der Waals surface area contributed by atoms with Gasteiger partial charge < -0.3 is 20.2 Å². The van der Waals surface area contributed by atoms with Gasteiger partial charge >= 0.3 is 12.1 Å². The van der Waals surface area contributed by atoms with Gasteiger partial charge in [0.15, 0.2) is 0 Å². The molecule has 7 nitrogen and oxygen atoms in total. The zero-order chi connectivity index (χ0) is 30.3. The highest BCUT2D eigenvalue weighted by atomic mass is 19.1. The SMILES string of the molecule is CCc1ccc2c(c1)C(NCC[C@H](Cc1cc(F)cc(F)c1)NC(=O)OC(C)(C)C)CCN2OC(=O)c1ccccc1. The lowest BCUT2D eigenvalue weighted by Gasteiger charge is -2.35. The van der Waals surface area contributed by atoms with E-state index in [1.807, 2.05) is 18.2 Å². The maximum absolute atomic E-state index is 13.9. The van der Waals surface area contributed by atoms with Crippen LogP contribution in [0.5, 0.6) is 0 Å². The molecule has 1 heterocycles. The highest BCUT2D eigenvalue weighted by Crippen LogP contribution is 2.35. The van der Waals surface area contributed by atoms with E-state index < -0.39 is 35.3 Å². The minimum atomic E-state index is -0.684. The smallest absolute Gasteiger partial charge is 0.407 e. The Kier molecular flexibility index (Phi) is 10.2. The Morgan fingerprint density at radius 3 is 2.38 bits per heavy atom. The molecule has 1 unspecified atom stereocenters. The van der Waals surface area contributed by atoms with Gasteiger partial charge in [0.05, 0.1) is 17.8 Å². The topological polar surface area (TPSA) is 79.9 Å². The lowest BCUT2D eigenvalue weighted by molar-refractivity contribution is 0.0433. The molecule has 1 amide bonds. The van der Waals surface area contributed by atoms with E-state index >= 15 is 0 Å². The first kappa shape index (κ1) is 31.0. The summed E-state index contributed by atoms with van der Waals surface area (Å²) < 4.78 is 33.2. The average Bonchev–Trinajstić information content (AvgIpc) is 2.92. The number of carbonyl (C=O) groups excluding carboxylic acids is 2. The van der Waals surface area contributed by atoms with E-state index in [9.17, 15) is 18.4 Å². The van der Waals surface area contributed by atoms with Gasteiger partial charge in [0.1, 0.15) is 17.2 Å². The molecule has 0 radical (unpaired) electrons. The summed E-state index contributed by atoms with van der Waals surface area (Å²) in [6.45, 7) is 8.42. The first-order valence-corrected chi connectivity index (χ1v) is 14.4. The molecular formula is C33H39F2N3O4. The number of hydroxylamine groups is 1. The van der Waals surface area contributed by atoms with Gasteiger partial charge in [0.2, 0.25) is 0 Å². The van der Waals surface area contributed by atoms with Crippen LogP contribution < -0.4 is 15.7 Å². The molecule has 1 aliphatic heterocycles. The van der Waals surface area contributed by atoms with Crippen molar-refractivity contribution in [1.82, 2.24) is 10.6 Å². The molecule has 0 spiro atoms. The predicted octanol–water partition coefficient (Wildman–Crippen LogP) is 6.67. The largest absolute Gasteiger partial charge is 0.444 e. The van der Waals surface area contributed by atoms with Crippen molar-refractivity contribution in [1.29, 1.82) is 0 Å². The Morgan fingerprint density at radius 1 is 1.00 bits per heavy atom. The zero-order valence-electron chi connectivity index (χ0n) is 24.6. The van der Waals surface area contributed by atoms with E-state index in [0.29, 0.717) is 37.1 Å². The third-order valence-corrected chi connectivity index (χ3v) is 6.98. The Labute approximate surface area is 246 Å². The minimum absolute atomic E-state index is 0.0213. The molecular weight excluding hydrogens is 540 g/mol. The normalized spacial score (nSPS) is 15.5. The van der Waals surface area contributed by atoms with Crippen molar-refractivity contribution in [2.75, 3.05) is 18.2 Å². The van der Waals surface area contributed by atoms with Crippen LogP contribution in [0.4, 0.5) is 19.3 Å². The summed E-state index contributed by atoms with van der Waals surface area (Å²) in [7, 11) is 0. The number of nitrogens with one attached hydrogen (secondary N) is 2. The molecule has 9 heteroatoms. The Balaban J connectivity index is 1.46. The van der Waals surface area contributed by atoms with Crippen LogP contribution in [-0.4, -0.2) is 36.8 Å². The summed E-state index contributed by atoms with van der Waals surface area (Å²) in [5, 5.41) is 8.10. The van der Waals surface area contributed by atoms with Gasteiger partial charge in [0.25, 0.3) is 0 Å². The third-order valence-electron chi connectivity index (χ3n) is 6.98. The van der Waals surface area contributed by atoms with Gasteiger partial charge in [-0.2, -0.15) is 0 Å². The van der Waals surface area contributed by atoms with Crippen LogP contribution in [0.1, 0.15) is 73.6 Å². The number of anilines is 1. The average molecular weight is 580 g/mol. The summed E-state index contributed by atoms with van der Waals surface area (Å²) in [6, 6.07) is 17.9. The molecule has 0 aliphatic carbocycles. The number of hydrogen-bond donors (Lipinski definition) is 2. The predicted molar refractivity (Wildman–Crippen MR) is 158 cm³/mol. The molecule has 0 saturated heterocycles. The summed E-state index contributed by atoms with van der Waals surface area (Å²) in [5.74, 6) is -1.75. The van der Waals surface area contributed by atoms with Crippen LogP contribution in [0.15, 0.2) is 66.7 Å². The summed E-state index contributed by atoms with van der Waals surface area (Å²) in [4.78, 5) is 31.1. The fourth-order valence-corrected chi connectivity index (χ4v) is 5.03. The molecule has 3 aromatic carbocycles. The number of aryl methyl sites for hydroxylation is 1. The van der Waals surface area contributed by atoms with Crippen LogP contribution in [-0.2, 0) is 22.4 Å². The van der Waals surface area contributed by atoms with Gasteiger partial charge in [-0.15, -0.1) is 0 Å². The van der Waals surface area contributed by atoms with Gasteiger partial charge in [-0.3, -0.25) is 0 Å².